The Hall–Kier alpha value is -1.63. The molecule has 1 N–H and O–H groups in total. The SMILES string of the molecule is CC1(c2cc([N+](=O)[O-])ccc2F)CCC(F)(CF)CN1. The maximum atomic E-state index is 13.9. The van der Waals surface area contributed by atoms with Gasteiger partial charge in [0.05, 0.1) is 4.92 Å². The number of nitro benzene ring substituents is 1. The normalized spacial score (nSPS) is 30.2. The van der Waals surface area contributed by atoms with Crippen LogP contribution >= 0.6 is 0 Å². The Bertz CT molecular complexity index is 528. The first-order valence-electron chi connectivity index (χ1n) is 6.24. The predicted octanol–water partition coefficient (Wildman–Crippen LogP) is 3.01. The number of nitrogens with zero attached hydrogens (tertiary/aromatic N) is 1. The zero-order valence-corrected chi connectivity index (χ0v) is 11.0. The second-order valence-electron chi connectivity index (χ2n) is 5.39. The van der Waals surface area contributed by atoms with Crippen molar-refractivity contribution in [3.63, 3.8) is 0 Å². The third-order valence-electron chi connectivity index (χ3n) is 3.86. The highest BCUT2D eigenvalue weighted by Crippen LogP contribution is 2.37. The average molecular weight is 288 g/mol. The fourth-order valence-corrected chi connectivity index (χ4v) is 2.40. The number of hydrogen-bond donors (Lipinski definition) is 1. The molecule has 7 heteroatoms. The van der Waals surface area contributed by atoms with Crippen molar-refractivity contribution in [2.75, 3.05) is 13.2 Å². The summed E-state index contributed by atoms with van der Waals surface area (Å²) in [6.45, 7) is 0.280. The Kier molecular flexibility index (Phi) is 3.73. The summed E-state index contributed by atoms with van der Waals surface area (Å²) in [6, 6.07) is 3.24. The summed E-state index contributed by atoms with van der Waals surface area (Å²) in [5.74, 6) is -0.600. The summed E-state index contributed by atoms with van der Waals surface area (Å²) in [5, 5.41) is 13.5. The Labute approximate surface area is 114 Å². The van der Waals surface area contributed by atoms with Crippen molar-refractivity contribution in [3.8, 4) is 0 Å². The smallest absolute Gasteiger partial charge is 0.269 e. The van der Waals surface area contributed by atoms with Crippen molar-refractivity contribution >= 4 is 5.69 Å². The van der Waals surface area contributed by atoms with E-state index in [1.165, 1.54) is 0 Å². The maximum Gasteiger partial charge on any atom is 0.269 e. The van der Waals surface area contributed by atoms with Gasteiger partial charge in [0.25, 0.3) is 5.69 Å². The lowest BCUT2D eigenvalue weighted by atomic mass is 9.79. The minimum absolute atomic E-state index is 0.0604. The molecule has 1 heterocycles. The van der Waals surface area contributed by atoms with Crippen LogP contribution in [0.5, 0.6) is 0 Å². The number of nitrogens with one attached hydrogen (secondary N) is 1. The largest absolute Gasteiger partial charge is 0.304 e. The molecule has 1 saturated heterocycles. The quantitative estimate of drug-likeness (QED) is 0.687. The van der Waals surface area contributed by atoms with Gasteiger partial charge in [0.15, 0.2) is 5.67 Å². The average Bonchev–Trinajstić information content (AvgIpc) is 2.43. The Morgan fingerprint density at radius 2 is 2.15 bits per heavy atom. The van der Waals surface area contributed by atoms with Crippen LogP contribution in [0.2, 0.25) is 0 Å². The van der Waals surface area contributed by atoms with E-state index < -0.39 is 28.6 Å². The number of piperidine rings is 1. The highest BCUT2D eigenvalue weighted by Gasteiger charge is 2.42. The Balaban J connectivity index is 2.32. The molecule has 0 radical (unpaired) electrons. The molecule has 20 heavy (non-hydrogen) atoms. The minimum atomic E-state index is -1.95. The van der Waals surface area contributed by atoms with Gasteiger partial charge in [-0.3, -0.25) is 10.1 Å². The van der Waals surface area contributed by atoms with Crippen LogP contribution in [0.25, 0.3) is 0 Å². The molecule has 2 atom stereocenters. The van der Waals surface area contributed by atoms with Crippen LogP contribution in [0.3, 0.4) is 0 Å². The van der Waals surface area contributed by atoms with Gasteiger partial charge in [-0.15, -0.1) is 0 Å². The molecule has 0 spiro atoms. The summed E-state index contributed by atoms with van der Waals surface area (Å²) in [7, 11) is 0. The van der Waals surface area contributed by atoms with E-state index in [0.717, 1.165) is 18.2 Å². The minimum Gasteiger partial charge on any atom is -0.304 e. The molecule has 0 amide bonds. The molecule has 1 aliphatic heterocycles. The van der Waals surface area contributed by atoms with Crippen LogP contribution in [0.4, 0.5) is 18.9 Å². The molecule has 0 bridgehead atoms. The van der Waals surface area contributed by atoms with Crippen molar-refractivity contribution in [2.24, 2.45) is 0 Å². The zero-order chi connectivity index (χ0) is 15.0. The maximum absolute atomic E-state index is 13.9. The Morgan fingerprint density at radius 1 is 1.45 bits per heavy atom. The van der Waals surface area contributed by atoms with Gasteiger partial charge < -0.3 is 5.32 Å². The van der Waals surface area contributed by atoms with Gasteiger partial charge in [-0.05, 0) is 25.8 Å². The Morgan fingerprint density at radius 3 is 2.65 bits per heavy atom. The van der Waals surface area contributed by atoms with Gasteiger partial charge in [0.2, 0.25) is 0 Å². The van der Waals surface area contributed by atoms with Crippen LogP contribution < -0.4 is 5.32 Å². The van der Waals surface area contributed by atoms with E-state index in [0.29, 0.717) is 0 Å². The molecule has 1 aliphatic rings. The highest BCUT2D eigenvalue weighted by atomic mass is 19.2. The molecule has 0 aliphatic carbocycles. The lowest BCUT2D eigenvalue weighted by Crippen LogP contribution is -2.54. The van der Waals surface area contributed by atoms with Crippen molar-refractivity contribution in [2.45, 2.75) is 31.0 Å². The zero-order valence-electron chi connectivity index (χ0n) is 11.0. The lowest BCUT2D eigenvalue weighted by molar-refractivity contribution is -0.385. The molecule has 1 aromatic rings. The van der Waals surface area contributed by atoms with E-state index in [1.54, 1.807) is 6.92 Å². The molecule has 110 valence electrons. The third kappa shape index (κ3) is 2.63. The van der Waals surface area contributed by atoms with Crippen LogP contribution in [-0.4, -0.2) is 23.8 Å². The molecular weight excluding hydrogens is 273 g/mol. The van der Waals surface area contributed by atoms with E-state index in [4.69, 9.17) is 0 Å². The number of hydrogen-bond acceptors (Lipinski definition) is 3. The second-order valence-corrected chi connectivity index (χ2v) is 5.39. The van der Waals surface area contributed by atoms with Crippen LogP contribution in [0.15, 0.2) is 18.2 Å². The molecule has 0 aromatic heterocycles. The van der Waals surface area contributed by atoms with Crippen LogP contribution in [-0.2, 0) is 5.54 Å². The summed E-state index contributed by atoms with van der Waals surface area (Å²) in [5.41, 5.74) is -3.02. The van der Waals surface area contributed by atoms with Crippen molar-refractivity contribution in [1.29, 1.82) is 0 Å². The standard InChI is InChI=1S/C13H15F3N2O2/c1-12(4-5-13(16,7-14)8-17-12)10-6-9(18(19)20)2-3-11(10)15/h2-3,6,17H,4-5,7-8H2,1H3. The van der Waals surface area contributed by atoms with Gasteiger partial charge in [0, 0.05) is 29.8 Å². The molecular formula is C13H15F3N2O2. The molecule has 2 rings (SSSR count). The fourth-order valence-electron chi connectivity index (χ4n) is 2.40. The second kappa shape index (κ2) is 5.05. The van der Waals surface area contributed by atoms with Gasteiger partial charge in [0.1, 0.15) is 12.5 Å². The lowest BCUT2D eigenvalue weighted by Gasteiger charge is -2.41. The first-order chi connectivity index (χ1) is 9.30. The van der Waals surface area contributed by atoms with E-state index in [-0.39, 0.29) is 30.6 Å². The molecule has 1 aromatic carbocycles. The summed E-state index contributed by atoms with van der Waals surface area (Å²) >= 11 is 0. The molecule has 1 fully saturated rings. The summed E-state index contributed by atoms with van der Waals surface area (Å²) < 4.78 is 40.3. The molecule has 2 unspecified atom stereocenters. The topological polar surface area (TPSA) is 55.2 Å². The van der Waals surface area contributed by atoms with Gasteiger partial charge >= 0.3 is 0 Å². The van der Waals surface area contributed by atoms with Crippen LogP contribution in [0.1, 0.15) is 25.3 Å². The number of halogens is 3. The van der Waals surface area contributed by atoms with E-state index in [9.17, 15) is 23.3 Å². The summed E-state index contributed by atoms with van der Waals surface area (Å²) in [6.07, 6.45) is 0.0979. The monoisotopic (exact) mass is 288 g/mol. The number of non-ortho nitro benzene ring substituents is 1. The summed E-state index contributed by atoms with van der Waals surface area (Å²) in [4.78, 5) is 10.1. The van der Waals surface area contributed by atoms with Crippen molar-refractivity contribution < 1.29 is 18.1 Å². The fraction of sp³-hybridized carbons (Fsp3) is 0.538. The number of benzene rings is 1. The molecule has 0 saturated carbocycles. The van der Waals surface area contributed by atoms with Crippen molar-refractivity contribution in [1.82, 2.24) is 5.32 Å². The predicted molar refractivity (Wildman–Crippen MR) is 67.5 cm³/mol. The highest BCUT2D eigenvalue weighted by molar-refractivity contribution is 5.39. The van der Waals surface area contributed by atoms with E-state index in [2.05, 4.69) is 5.32 Å². The van der Waals surface area contributed by atoms with E-state index in [1.807, 2.05) is 0 Å². The van der Waals surface area contributed by atoms with Gasteiger partial charge in [-0.1, -0.05) is 0 Å². The van der Waals surface area contributed by atoms with Crippen LogP contribution in [0, 0.1) is 15.9 Å². The first-order valence-corrected chi connectivity index (χ1v) is 6.24. The first kappa shape index (κ1) is 14.8. The number of rotatable bonds is 3. The number of alkyl halides is 2. The van der Waals surface area contributed by atoms with Crippen molar-refractivity contribution in [3.05, 3.63) is 39.7 Å². The molecule has 4 nitrogen and oxygen atoms in total. The van der Waals surface area contributed by atoms with Gasteiger partial charge in [-0.25, -0.2) is 13.2 Å². The van der Waals surface area contributed by atoms with Gasteiger partial charge in [-0.2, -0.15) is 0 Å². The van der Waals surface area contributed by atoms with E-state index >= 15 is 0 Å². The third-order valence-corrected chi connectivity index (χ3v) is 3.86. The number of nitro groups is 1.